The maximum absolute atomic E-state index is 4.31. The molecule has 1 N–H and O–H groups in total. The maximum atomic E-state index is 4.31. The average Bonchev–Trinajstić information content (AvgIpc) is 3.01. The van der Waals surface area contributed by atoms with Crippen LogP contribution in [-0.2, 0) is 6.42 Å². The van der Waals surface area contributed by atoms with E-state index in [1.807, 2.05) is 0 Å². The van der Waals surface area contributed by atoms with Crippen LogP contribution in [0, 0.1) is 5.92 Å². The summed E-state index contributed by atoms with van der Waals surface area (Å²) in [5, 5.41) is 14.5. The zero-order valence-electron chi connectivity index (χ0n) is 11.1. The van der Waals surface area contributed by atoms with Crippen LogP contribution in [0.25, 0.3) is 0 Å². The Hall–Kier alpha value is -0.480. The number of aromatic nitrogens is 2. The molecule has 0 radical (unpaired) electrons. The Morgan fingerprint density at radius 1 is 1.29 bits per heavy atom. The lowest BCUT2D eigenvalue weighted by atomic mass is 9.99. The van der Waals surface area contributed by atoms with E-state index in [1.54, 1.807) is 11.3 Å². The molecule has 1 fully saturated rings. The van der Waals surface area contributed by atoms with Crippen molar-refractivity contribution in [1.29, 1.82) is 0 Å². The summed E-state index contributed by atoms with van der Waals surface area (Å²) in [5.74, 6) is 1.18. The van der Waals surface area contributed by atoms with Gasteiger partial charge in [-0.3, -0.25) is 0 Å². The van der Waals surface area contributed by atoms with Crippen molar-refractivity contribution in [1.82, 2.24) is 15.5 Å². The lowest BCUT2D eigenvalue weighted by Gasteiger charge is -2.10. The first-order chi connectivity index (χ1) is 8.16. The Balaban J connectivity index is 1.72. The first-order valence-corrected chi connectivity index (χ1v) is 7.54. The van der Waals surface area contributed by atoms with Gasteiger partial charge in [-0.2, -0.15) is 0 Å². The van der Waals surface area contributed by atoms with E-state index < -0.39 is 0 Å². The summed E-state index contributed by atoms with van der Waals surface area (Å²) in [5.41, 5.74) is 0. The molecule has 2 rings (SSSR count). The monoisotopic (exact) mass is 253 g/mol. The molecule has 1 aliphatic rings. The molecule has 1 aromatic heterocycles. The predicted octanol–water partition coefficient (Wildman–Crippen LogP) is 2.98. The molecule has 0 aromatic carbocycles. The average molecular weight is 253 g/mol. The highest BCUT2D eigenvalue weighted by Crippen LogP contribution is 2.26. The van der Waals surface area contributed by atoms with Crippen molar-refractivity contribution in [3.05, 3.63) is 10.0 Å². The zero-order valence-corrected chi connectivity index (χ0v) is 11.9. The molecule has 0 saturated heterocycles. The van der Waals surface area contributed by atoms with Gasteiger partial charge in [-0.1, -0.05) is 20.8 Å². The molecule has 1 aromatic rings. The number of hydrogen-bond acceptors (Lipinski definition) is 4. The van der Waals surface area contributed by atoms with Crippen LogP contribution in [0.5, 0.6) is 0 Å². The summed E-state index contributed by atoms with van der Waals surface area (Å²) >= 11 is 1.79. The summed E-state index contributed by atoms with van der Waals surface area (Å²) in [4.78, 5) is 0. The molecule has 0 aliphatic heterocycles. The molecule has 1 saturated carbocycles. The van der Waals surface area contributed by atoms with Crippen LogP contribution < -0.4 is 5.32 Å². The fraction of sp³-hybridized carbons (Fsp3) is 0.846. The van der Waals surface area contributed by atoms with Crippen molar-refractivity contribution >= 4 is 11.3 Å². The van der Waals surface area contributed by atoms with Crippen molar-refractivity contribution in [3.8, 4) is 0 Å². The third-order valence-corrected chi connectivity index (χ3v) is 4.63. The van der Waals surface area contributed by atoms with Crippen LogP contribution in [-0.4, -0.2) is 22.8 Å². The van der Waals surface area contributed by atoms with Crippen LogP contribution in [0.4, 0.5) is 0 Å². The topological polar surface area (TPSA) is 37.8 Å². The standard InChI is InChI=1S/C13H23N3S/c1-9(2)10(3)13-16-15-12(17-13)5-4-8-14-11-6-7-11/h9-11,14H,4-8H2,1-3H3. The van der Waals surface area contributed by atoms with Gasteiger partial charge in [-0.25, -0.2) is 0 Å². The molecule has 1 heterocycles. The van der Waals surface area contributed by atoms with Crippen molar-refractivity contribution < 1.29 is 0 Å². The summed E-state index contributed by atoms with van der Waals surface area (Å²) < 4.78 is 0. The van der Waals surface area contributed by atoms with E-state index in [-0.39, 0.29) is 0 Å². The highest BCUT2D eigenvalue weighted by atomic mass is 32.1. The fourth-order valence-corrected chi connectivity index (χ4v) is 2.78. The van der Waals surface area contributed by atoms with Gasteiger partial charge in [-0.05, 0) is 31.7 Å². The molecule has 4 heteroatoms. The van der Waals surface area contributed by atoms with Gasteiger partial charge in [0.15, 0.2) is 0 Å². The molecule has 0 amide bonds. The second-order valence-corrected chi connectivity index (χ2v) is 6.49. The van der Waals surface area contributed by atoms with Crippen molar-refractivity contribution in [2.24, 2.45) is 5.92 Å². The molecule has 17 heavy (non-hydrogen) atoms. The van der Waals surface area contributed by atoms with Crippen LogP contribution in [0.15, 0.2) is 0 Å². The van der Waals surface area contributed by atoms with Gasteiger partial charge in [0, 0.05) is 18.4 Å². The third-order valence-electron chi connectivity index (χ3n) is 3.45. The Morgan fingerprint density at radius 3 is 2.71 bits per heavy atom. The number of aryl methyl sites for hydroxylation is 1. The highest BCUT2D eigenvalue weighted by Gasteiger charge is 2.19. The molecule has 0 spiro atoms. The zero-order chi connectivity index (χ0) is 12.3. The summed E-state index contributed by atoms with van der Waals surface area (Å²) in [6.07, 6.45) is 4.99. The Bertz CT molecular complexity index is 344. The third kappa shape index (κ3) is 4.03. The van der Waals surface area contributed by atoms with E-state index in [9.17, 15) is 0 Å². The number of nitrogens with one attached hydrogen (secondary N) is 1. The van der Waals surface area contributed by atoms with Gasteiger partial charge in [-0.15, -0.1) is 21.5 Å². The minimum atomic E-state index is 0.533. The minimum absolute atomic E-state index is 0.533. The van der Waals surface area contributed by atoms with Gasteiger partial charge in [0.1, 0.15) is 10.0 Å². The first kappa shape index (κ1) is 13.0. The molecule has 0 bridgehead atoms. The molecular formula is C13H23N3S. The van der Waals surface area contributed by atoms with Gasteiger partial charge in [0.2, 0.25) is 0 Å². The van der Waals surface area contributed by atoms with E-state index >= 15 is 0 Å². The second kappa shape index (κ2) is 5.91. The number of nitrogens with zero attached hydrogens (tertiary/aromatic N) is 2. The maximum Gasteiger partial charge on any atom is 0.120 e. The fourth-order valence-electron chi connectivity index (χ4n) is 1.67. The summed E-state index contributed by atoms with van der Waals surface area (Å²) in [6, 6.07) is 0.820. The SMILES string of the molecule is CC(C)C(C)c1nnc(CCCNC2CC2)s1. The number of rotatable bonds is 7. The molecule has 1 unspecified atom stereocenters. The van der Waals surface area contributed by atoms with Crippen molar-refractivity contribution in [2.75, 3.05) is 6.54 Å². The van der Waals surface area contributed by atoms with E-state index in [1.165, 1.54) is 29.3 Å². The van der Waals surface area contributed by atoms with E-state index in [2.05, 4.69) is 36.3 Å². The normalized spacial score (nSPS) is 17.6. The van der Waals surface area contributed by atoms with E-state index in [0.29, 0.717) is 11.8 Å². The second-order valence-electron chi connectivity index (χ2n) is 5.40. The summed E-state index contributed by atoms with van der Waals surface area (Å²) in [7, 11) is 0. The smallest absolute Gasteiger partial charge is 0.120 e. The lowest BCUT2D eigenvalue weighted by Crippen LogP contribution is -2.17. The van der Waals surface area contributed by atoms with Gasteiger partial charge in [0.05, 0.1) is 0 Å². The Kier molecular flexibility index (Phi) is 4.51. The lowest BCUT2D eigenvalue weighted by molar-refractivity contribution is 0.529. The van der Waals surface area contributed by atoms with Gasteiger partial charge < -0.3 is 5.32 Å². The number of hydrogen-bond donors (Lipinski definition) is 1. The van der Waals surface area contributed by atoms with Crippen LogP contribution in [0.2, 0.25) is 0 Å². The Morgan fingerprint density at radius 2 is 2.06 bits per heavy atom. The minimum Gasteiger partial charge on any atom is -0.314 e. The van der Waals surface area contributed by atoms with Crippen molar-refractivity contribution in [2.45, 2.75) is 58.4 Å². The summed E-state index contributed by atoms with van der Waals surface area (Å²) in [6.45, 7) is 7.85. The van der Waals surface area contributed by atoms with Crippen molar-refractivity contribution in [3.63, 3.8) is 0 Å². The highest BCUT2D eigenvalue weighted by molar-refractivity contribution is 7.11. The molecule has 96 valence electrons. The molecule has 3 nitrogen and oxygen atoms in total. The van der Waals surface area contributed by atoms with E-state index in [4.69, 9.17) is 0 Å². The van der Waals surface area contributed by atoms with E-state index in [0.717, 1.165) is 19.0 Å². The molecule has 1 aliphatic carbocycles. The van der Waals surface area contributed by atoms with Crippen LogP contribution in [0.1, 0.15) is 56.0 Å². The van der Waals surface area contributed by atoms with Crippen LogP contribution in [0.3, 0.4) is 0 Å². The van der Waals surface area contributed by atoms with Crippen LogP contribution >= 0.6 is 11.3 Å². The quantitative estimate of drug-likeness (QED) is 0.759. The Labute approximate surface area is 108 Å². The first-order valence-electron chi connectivity index (χ1n) is 6.72. The van der Waals surface area contributed by atoms with Gasteiger partial charge >= 0.3 is 0 Å². The van der Waals surface area contributed by atoms with Gasteiger partial charge in [0.25, 0.3) is 0 Å². The molecule has 1 atom stereocenters. The molecular weight excluding hydrogens is 230 g/mol. The largest absolute Gasteiger partial charge is 0.314 e. The predicted molar refractivity (Wildman–Crippen MR) is 72.5 cm³/mol.